The summed E-state index contributed by atoms with van der Waals surface area (Å²) in [4.78, 5) is 11.1. The van der Waals surface area contributed by atoms with E-state index in [4.69, 9.17) is 0 Å². The van der Waals surface area contributed by atoms with Crippen LogP contribution in [0.15, 0.2) is 17.1 Å². The van der Waals surface area contributed by atoms with Crippen molar-refractivity contribution < 1.29 is 0 Å². The molecule has 1 aromatic heterocycles. The molecule has 1 aromatic rings. The van der Waals surface area contributed by atoms with Gasteiger partial charge >= 0.3 is 0 Å². The van der Waals surface area contributed by atoms with Crippen LogP contribution in [-0.2, 0) is 7.05 Å². The molecule has 0 radical (unpaired) electrons. The van der Waals surface area contributed by atoms with Gasteiger partial charge in [0.1, 0.15) is 0 Å². The molecule has 0 amide bonds. The second kappa shape index (κ2) is 8.54. The summed E-state index contributed by atoms with van der Waals surface area (Å²) in [5.41, 5.74) is 2.02. The van der Waals surface area contributed by atoms with Gasteiger partial charge in [0, 0.05) is 18.8 Å². The van der Waals surface area contributed by atoms with E-state index in [1.54, 1.807) is 11.6 Å². The van der Waals surface area contributed by atoms with Crippen molar-refractivity contribution in [3.05, 3.63) is 33.7 Å². The van der Waals surface area contributed by atoms with Gasteiger partial charge in [0.2, 0.25) is 0 Å². The Bertz CT molecular complexity index is 273. The Labute approximate surface area is 87.6 Å². The standard InChI is InChI=1S/C8H11NO.2C2H6/c1-6-4-7(2)8(10)9(3)5-6;2*1-2/h4-5H,1-3H3;2*1-2H3. The maximum atomic E-state index is 11.1. The highest BCUT2D eigenvalue weighted by atomic mass is 16.1. The van der Waals surface area contributed by atoms with E-state index >= 15 is 0 Å². The summed E-state index contributed by atoms with van der Waals surface area (Å²) in [6.45, 7) is 11.8. The van der Waals surface area contributed by atoms with E-state index in [1.165, 1.54) is 0 Å². The lowest BCUT2D eigenvalue weighted by molar-refractivity contribution is 0.840. The fourth-order valence-corrected chi connectivity index (χ4v) is 1.08. The van der Waals surface area contributed by atoms with Gasteiger partial charge in [0.05, 0.1) is 0 Å². The highest BCUT2D eigenvalue weighted by Gasteiger charge is 1.94. The molecule has 0 fully saturated rings. The van der Waals surface area contributed by atoms with Crippen LogP contribution in [-0.4, -0.2) is 4.57 Å². The number of hydrogen-bond acceptors (Lipinski definition) is 1. The van der Waals surface area contributed by atoms with E-state index in [2.05, 4.69) is 0 Å². The third-order valence-corrected chi connectivity index (χ3v) is 1.50. The zero-order chi connectivity index (χ0) is 11.7. The molecule has 82 valence electrons. The van der Waals surface area contributed by atoms with Crippen LogP contribution in [0.4, 0.5) is 0 Å². The zero-order valence-corrected chi connectivity index (χ0v) is 10.5. The van der Waals surface area contributed by atoms with Gasteiger partial charge in [-0.05, 0) is 25.5 Å². The average molecular weight is 197 g/mol. The fourth-order valence-electron chi connectivity index (χ4n) is 1.08. The Hall–Kier alpha value is -1.05. The maximum Gasteiger partial charge on any atom is 0.253 e. The highest BCUT2D eigenvalue weighted by Crippen LogP contribution is 1.94. The van der Waals surface area contributed by atoms with Crippen molar-refractivity contribution in [3.8, 4) is 0 Å². The molecular formula is C12H23NO. The first-order valence-corrected chi connectivity index (χ1v) is 5.25. The average Bonchev–Trinajstić information content (AvgIpc) is 2.20. The van der Waals surface area contributed by atoms with Gasteiger partial charge in [-0.15, -0.1) is 0 Å². The van der Waals surface area contributed by atoms with Crippen LogP contribution in [0.5, 0.6) is 0 Å². The minimum atomic E-state index is 0.0885. The maximum absolute atomic E-state index is 11.1. The van der Waals surface area contributed by atoms with Gasteiger partial charge in [0.25, 0.3) is 5.56 Å². The number of hydrogen-bond donors (Lipinski definition) is 0. The lowest BCUT2D eigenvalue weighted by Crippen LogP contribution is -2.18. The molecular weight excluding hydrogens is 174 g/mol. The van der Waals surface area contributed by atoms with Crippen LogP contribution >= 0.6 is 0 Å². The van der Waals surface area contributed by atoms with E-state index in [1.807, 2.05) is 53.8 Å². The molecule has 1 heterocycles. The normalized spacial score (nSPS) is 7.93. The predicted octanol–water partition coefficient (Wildman–Crippen LogP) is 3.05. The Morgan fingerprint density at radius 2 is 1.50 bits per heavy atom. The Balaban J connectivity index is 0. The largest absolute Gasteiger partial charge is 0.318 e. The highest BCUT2D eigenvalue weighted by molar-refractivity contribution is 5.15. The van der Waals surface area contributed by atoms with Crippen molar-refractivity contribution in [2.24, 2.45) is 7.05 Å². The summed E-state index contributed by atoms with van der Waals surface area (Å²) in [5.74, 6) is 0. The molecule has 0 N–H and O–H groups in total. The van der Waals surface area contributed by atoms with Crippen molar-refractivity contribution in [1.82, 2.24) is 4.57 Å². The quantitative estimate of drug-likeness (QED) is 0.626. The van der Waals surface area contributed by atoms with Gasteiger partial charge in [-0.2, -0.15) is 0 Å². The molecule has 0 saturated carbocycles. The van der Waals surface area contributed by atoms with Crippen molar-refractivity contribution in [1.29, 1.82) is 0 Å². The summed E-state index contributed by atoms with van der Waals surface area (Å²) in [7, 11) is 1.77. The molecule has 0 spiro atoms. The smallest absolute Gasteiger partial charge is 0.253 e. The number of rotatable bonds is 0. The van der Waals surface area contributed by atoms with Crippen LogP contribution in [0, 0.1) is 13.8 Å². The minimum Gasteiger partial charge on any atom is -0.318 e. The molecule has 2 heteroatoms. The molecule has 0 bridgehead atoms. The van der Waals surface area contributed by atoms with Crippen molar-refractivity contribution in [3.63, 3.8) is 0 Å². The Kier molecular flexibility index (Phi) is 9.41. The summed E-state index contributed by atoms with van der Waals surface area (Å²) in [6, 6.07) is 1.89. The van der Waals surface area contributed by atoms with E-state index in [0.717, 1.165) is 11.1 Å². The van der Waals surface area contributed by atoms with Gasteiger partial charge < -0.3 is 4.57 Å². The molecule has 0 aliphatic rings. The second-order valence-corrected chi connectivity index (χ2v) is 2.62. The molecule has 2 nitrogen and oxygen atoms in total. The van der Waals surface area contributed by atoms with E-state index in [9.17, 15) is 4.79 Å². The molecule has 0 atom stereocenters. The summed E-state index contributed by atoms with van der Waals surface area (Å²) in [6.07, 6.45) is 1.83. The van der Waals surface area contributed by atoms with Crippen LogP contribution in [0.1, 0.15) is 38.8 Å². The molecule has 0 aliphatic heterocycles. The molecule has 1 rings (SSSR count). The van der Waals surface area contributed by atoms with E-state index < -0.39 is 0 Å². The van der Waals surface area contributed by atoms with Crippen LogP contribution in [0.25, 0.3) is 0 Å². The monoisotopic (exact) mass is 197 g/mol. The van der Waals surface area contributed by atoms with Gasteiger partial charge in [-0.25, -0.2) is 0 Å². The van der Waals surface area contributed by atoms with Gasteiger partial charge in [0.15, 0.2) is 0 Å². The number of aryl methyl sites for hydroxylation is 3. The van der Waals surface area contributed by atoms with Gasteiger partial charge in [-0.3, -0.25) is 4.79 Å². The minimum absolute atomic E-state index is 0.0885. The van der Waals surface area contributed by atoms with E-state index in [-0.39, 0.29) is 5.56 Å². The molecule has 14 heavy (non-hydrogen) atoms. The molecule has 0 aromatic carbocycles. The summed E-state index contributed by atoms with van der Waals surface area (Å²) >= 11 is 0. The number of aromatic nitrogens is 1. The number of nitrogens with zero attached hydrogens (tertiary/aromatic N) is 1. The lowest BCUT2D eigenvalue weighted by atomic mass is 10.2. The molecule has 0 aliphatic carbocycles. The Morgan fingerprint density at radius 3 is 1.86 bits per heavy atom. The van der Waals surface area contributed by atoms with E-state index in [0.29, 0.717) is 0 Å². The summed E-state index contributed by atoms with van der Waals surface area (Å²) in [5, 5.41) is 0. The van der Waals surface area contributed by atoms with Gasteiger partial charge in [-0.1, -0.05) is 27.7 Å². The third-order valence-electron chi connectivity index (χ3n) is 1.50. The first kappa shape index (κ1) is 15.4. The van der Waals surface area contributed by atoms with Crippen molar-refractivity contribution in [2.75, 3.05) is 0 Å². The topological polar surface area (TPSA) is 22.0 Å². The van der Waals surface area contributed by atoms with Crippen molar-refractivity contribution in [2.45, 2.75) is 41.5 Å². The first-order chi connectivity index (χ1) is 6.61. The predicted molar refractivity (Wildman–Crippen MR) is 63.9 cm³/mol. The summed E-state index contributed by atoms with van der Waals surface area (Å²) < 4.78 is 1.60. The molecule has 0 unspecified atom stereocenters. The zero-order valence-electron chi connectivity index (χ0n) is 10.5. The Morgan fingerprint density at radius 1 is 1.07 bits per heavy atom. The lowest BCUT2D eigenvalue weighted by Gasteiger charge is -1.99. The van der Waals surface area contributed by atoms with Crippen molar-refractivity contribution >= 4 is 0 Å². The van der Waals surface area contributed by atoms with Crippen LogP contribution in [0.2, 0.25) is 0 Å². The second-order valence-electron chi connectivity index (χ2n) is 2.62. The molecule has 0 saturated heterocycles. The number of pyridine rings is 1. The first-order valence-electron chi connectivity index (χ1n) is 5.25. The van der Waals surface area contributed by atoms with Crippen LogP contribution in [0.3, 0.4) is 0 Å². The fraction of sp³-hybridized carbons (Fsp3) is 0.583. The third kappa shape index (κ3) is 4.85. The van der Waals surface area contributed by atoms with Crippen LogP contribution < -0.4 is 5.56 Å². The SMILES string of the molecule is CC.CC.Cc1cc(C)c(=O)n(C)c1.